The summed E-state index contributed by atoms with van der Waals surface area (Å²) >= 11 is 9.33. The highest BCUT2D eigenvalue weighted by Crippen LogP contribution is 2.30. The number of urea groups is 1. The Balaban J connectivity index is 1.92. The summed E-state index contributed by atoms with van der Waals surface area (Å²) in [6, 6.07) is 5.54. The van der Waals surface area contributed by atoms with Gasteiger partial charge in [-0.25, -0.2) is 4.79 Å². The van der Waals surface area contributed by atoms with Crippen molar-refractivity contribution in [2.75, 3.05) is 5.32 Å². The largest absolute Gasteiger partial charge is 0.335 e. The van der Waals surface area contributed by atoms with Gasteiger partial charge in [-0.3, -0.25) is 0 Å². The smallest absolute Gasteiger partial charge is 0.319 e. The molecule has 1 aliphatic carbocycles. The van der Waals surface area contributed by atoms with Gasteiger partial charge in [-0.2, -0.15) is 0 Å². The van der Waals surface area contributed by atoms with Crippen molar-refractivity contribution in [1.82, 2.24) is 5.32 Å². The van der Waals surface area contributed by atoms with Crippen LogP contribution in [0.5, 0.6) is 0 Å². The molecule has 0 atom stereocenters. The number of nitrogens with one attached hydrogen (secondary N) is 2. The fourth-order valence-corrected chi connectivity index (χ4v) is 2.73. The third-order valence-corrected chi connectivity index (χ3v) is 4.54. The summed E-state index contributed by atoms with van der Waals surface area (Å²) in [5.74, 6) is 0. The predicted molar refractivity (Wildman–Crippen MR) is 78.2 cm³/mol. The molecule has 1 aromatic carbocycles. The van der Waals surface area contributed by atoms with Crippen molar-refractivity contribution in [3.63, 3.8) is 0 Å². The van der Waals surface area contributed by atoms with E-state index in [0.29, 0.717) is 21.2 Å². The van der Waals surface area contributed by atoms with Crippen molar-refractivity contribution < 1.29 is 4.79 Å². The molecule has 5 heteroatoms. The first-order valence-corrected chi connectivity index (χ1v) is 7.35. The third kappa shape index (κ3) is 3.62. The number of carbonyl (C=O) groups excluding carboxylic acids is 1. The van der Waals surface area contributed by atoms with E-state index >= 15 is 0 Å². The van der Waals surface area contributed by atoms with Gasteiger partial charge < -0.3 is 10.6 Å². The second-order valence-corrected chi connectivity index (χ2v) is 5.73. The maximum atomic E-state index is 11.9. The number of rotatable bonds is 2. The molecule has 0 bridgehead atoms. The Labute approximate surface area is 120 Å². The fraction of sp³-hybridized carbons (Fsp3) is 0.462. The van der Waals surface area contributed by atoms with Crippen molar-refractivity contribution in [2.45, 2.75) is 38.1 Å². The van der Waals surface area contributed by atoms with Gasteiger partial charge in [0.15, 0.2) is 0 Å². The summed E-state index contributed by atoms with van der Waals surface area (Å²) in [6.07, 6.45) is 5.82. The van der Waals surface area contributed by atoms with Gasteiger partial charge in [0.1, 0.15) is 0 Å². The van der Waals surface area contributed by atoms with Crippen LogP contribution in [0, 0.1) is 0 Å². The molecule has 1 aromatic rings. The lowest BCUT2D eigenvalue weighted by Crippen LogP contribution is -2.39. The molecule has 1 saturated carbocycles. The summed E-state index contributed by atoms with van der Waals surface area (Å²) < 4.78 is 0.713. The summed E-state index contributed by atoms with van der Waals surface area (Å²) in [5, 5.41) is 6.41. The molecule has 18 heavy (non-hydrogen) atoms. The zero-order valence-corrected chi connectivity index (χ0v) is 12.4. The average molecular weight is 332 g/mol. The monoisotopic (exact) mass is 330 g/mol. The van der Waals surface area contributed by atoms with Crippen LogP contribution in [0.4, 0.5) is 10.5 Å². The quantitative estimate of drug-likeness (QED) is 0.819. The van der Waals surface area contributed by atoms with Crippen molar-refractivity contribution in [2.24, 2.45) is 0 Å². The Morgan fingerprint density at radius 1 is 1.28 bits per heavy atom. The van der Waals surface area contributed by atoms with E-state index in [9.17, 15) is 4.79 Å². The minimum Gasteiger partial charge on any atom is -0.335 e. The fourth-order valence-electron chi connectivity index (χ4n) is 2.19. The molecule has 2 amide bonds. The molecule has 0 heterocycles. The zero-order valence-electron chi connectivity index (χ0n) is 10.0. The number of hydrogen-bond acceptors (Lipinski definition) is 1. The lowest BCUT2D eigenvalue weighted by molar-refractivity contribution is 0.244. The number of halogens is 2. The van der Waals surface area contributed by atoms with Crippen molar-refractivity contribution >= 4 is 39.2 Å². The topological polar surface area (TPSA) is 41.1 Å². The number of carbonyl (C=O) groups is 1. The van der Waals surface area contributed by atoms with Crippen LogP contribution in [0.25, 0.3) is 0 Å². The van der Waals surface area contributed by atoms with Crippen LogP contribution in [0.1, 0.15) is 32.1 Å². The minimum atomic E-state index is -0.162. The van der Waals surface area contributed by atoms with E-state index in [0.717, 1.165) is 12.8 Å². The Bertz CT molecular complexity index is 433. The van der Waals surface area contributed by atoms with Crippen molar-refractivity contribution in [1.29, 1.82) is 0 Å². The SMILES string of the molecule is O=C(Nc1cccc(Cl)c1Br)NC1CCCCC1. The highest BCUT2D eigenvalue weighted by atomic mass is 79.9. The van der Waals surface area contributed by atoms with Gasteiger partial charge in [-0.05, 0) is 40.9 Å². The van der Waals surface area contributed by atoms with Crippen LogP contribution in [0.3, 0.4) is 0 Å². The standard InChI is InChI=1S/C13H16BrClN2O/c14-12-10(15)7-4-8-11(12)17-13(18)16-9-5-2-1-3-6-9/h4,7-9H,1-3,5-6H2,(H2,16,17,18). The van der Waals surface area contributed by atoms with Crippen molar-refractivity contribution in [3.05, 3.63) is 27.7 Å². The van der Waals surface area contributed by atoms with Gasteiger partial charge in [-0.1, -0.05) is 36.9 Å². The zero-order chi connectivity index (χ0) is 13.0. The molecule has 3 nitrogen and oxygen atoms in total. The van der Waals surface area contributed by atoms with E-state index < -0.39 is 0 Å². The molecule has 98 valence electrons. The van der Waals surface area contributed by atoms with Crippen LogP contribution in [0.15, 0.2) is 22.7 Å². The van der Waals surface area contributed by atoms with E-state index in [1.807, 2.05) is 12.1 Å². The molecule has 2 N–H and O–H groups in total. The van der Waals surface area contributed by atoms with E-state index in [4.69, 9.17) is 11.6 Å². The van der Waals surface area contributed by atoms with E-state index in [1.54, 1.807) is 6.07 Å². The maximum absolute atomic E-state index is 11.9. The van der Waals surface area contributed by atoms with Gasteiger partial charge in [0.25, 0.3) is 0 Å². The molecular weight excluding hydrogens is 316 g/mol. The summed E-state index contributed by atoms with van der Waals surface area (Å²) in [7, 11) is 0. The molecule has 0 radical (unpaired) electrons. The van der Waals surface area contributed by atoms with E-state index in [1.165, 1.54) is 19.3 Å². The van der Waals surface area contributed by atoms with Crippen LogP contribution in [0.2, 0.25) is 5.02 Å². The first kappa shape index (κ1) is 13.7. The number of anilines is 1. The number of hydrogen-bond donors (Lipinski definition) is 2. The Hall–Kier alpha value is -0.740. The van der Waals surface area contributed by atoms with Crippen LogP contribution >= 0.6 is 27.5 Å². The molecule has 0 saturated heterocycles. The van der Waals surface area contributed by atoms with Gasteiger partial charge in [0, 0.05) is 6.04 Å². The van der Waals surface area contributed by atoms with Crippen LogP contribution < -0.4 is 10.6 Å². The van der Waals surface area contributed by atoms with Crippen LogP contribution in [-0.4, -0.2) is 12.1 Å². The average Bonchev–Trinajstić information content (AvgIpc) is 2.36. The molecular formula is C13H16BrClN2O. The van der Waals surface area contributed by atoms with E-state index in [2.05, 4.69) is 26.6 Å². The molecule has 1 fully saturated rings. The number of benzene rings is 1. The normalized spacial score (nSPS) is 16.3. The molecule has 0 spiro atoms. The lowest BCUT2D eigenvalue weighted by Gasteiger charge is -2.23. The second kappa shape index (κ2) is 6.43. The Kier molecular flexibility index (Phi) is 4.89. The lowest BCUT2D eigenvalue weighted by atomic mass is 9.96. The van der Waals surface area contributed by atoms with Gasteiger partial charge in [-0.15, -0.1) is 0 Å². The highest BCUT2D eigenvalue weighted by molar-refractivity contribution is 9.10. The summed E-state index contributed by atoms with van der Waals surface area (Å²) in [5.41, 5.74) is 0.691. The molecule has 0 aromatic heterocycles. The molecule has 0 aliphatic heterocycles. The van der Waals surface area contributed by atoms with Gasteiger partial charge >= 0.3 is 6.03 Å². The maximum Gasteiger partial charge on any atom is 0.319 e. The molecule has 2 rings (SSSR count). The second-order valence-electron chi connectivity index (χ2n) is 4.53. The van der Waals surface area contributed by atoms with Gasteiger partial charge in [0.2, 0.25) is 0 Å². The third-order valence-electron chi connectivity index (χ3n) is 3.14. The summed E-state index contributed by atoms with van der Waals surface area (Å²) in [6.45, 7) is 0. The Morgan fingerprint density at radius 3 is 2.72 bits per heavy atom. The van der Waals surface area contributed by atoms with E-state index in [-0.39, 0.29) is 6.03 Å². The minimum absolute atomic E-state index is 0.162. The Morgan fingerprint density at radius 2 is 2.00 bits per heavy atom. The number of amides is 2. The van der Waals surface area contributed by atoms with Gasteiger partial charge in [0.05, 0.1) is 15.2 Å². The predicted octanol–water partition coefficient (Wildman–Crippen LogP) is 4.56. The first-order chi connectivity index (χ1) is 8.66. The molecule has 1 aliphatic rings. The van der Waals surface area contributed by atoms with Crippen molar-refractivity contribution in [3.8, 4) is 0 Å². The van der Waals surface area contributed by atoms with Crippen LogP contribution in [-0.2, 0) is 0 Å². The molecule has 0 unspecified atom stereocenters. The summed E-state index contributed by atoms with van der Waals surface area (Å²) in [4.78, 5) is 11.9. The first-order valence-electron chi connectivity index (χ1n) is 6.18. The highest BCUT2D eigenvalue weighted by Gasteiger charge is 2.16.